The molecule has 0 heterocycles. The van der Waals surface area contributed by atoms with Gasteiger partial charge in [0.1, 0.15) is 0 Å². The van der Waals surface area contributed by atoms with Crippen molar-refractivity contribution in [1.29, 1.82) is 0 Å². The minimum Gasteiger partial charge on any atom is -0.308 e. The summed E-state index contributed by atoms with van der Waals surface area (Å²) in [5.74, 6) is 0. The lowest BCUT2D eigenvalue weighted by molar-refractivity contribution is -0.137. The molecule has 12 nitrogen and oxygen atoms in total. The molecule has 0 fully saturated rings. The van der Waals surface area contributed by atoms with Crippen LogP contribution in [0.15, 0.2) is 161 Å². The van der Waals surface area contributed by atoms with E-state index in [2.05, 4.69) is 30.7 Å². The van der Waals surface area contributed by atoms with Crippen LogP contribution in [0.25, 0.3) is 11.1 Å². The van der Waals surface area contributed by atoms with Gasteiger partial charge in [-0.25, -0.2) is 26.4 Å². The number of alkyl halides is 3. The van der Waals surface area contributed by atoms with Crippen molar-refractivity contribution in [3.8, 4) is 11.1 Å². The Morgan fingerprint density at radius 1 is 0.411 bits per heavy atom. The number of rotatable bonds is 11. The fraction of sp³-hybridized carbons (Fsp3) is 0.0256. The zero-order chi connectivity index (χ0) is 39.9. The van der Waals surface area contributed by atoms with Crippen LogP contribution in [0.4, 0.5) is 56.9 Å². The average molecular weight is 801 g/mol. The van der Waals surface area contributed by atoms with Gasteiger partial charge in [-0.15, -0.1) is 0 Å². The molecule has 4 amide bonds. The molecule has 0 spiro atoms. The first-order valence-electron chi connectivity index (χ1n) is 16.5. The quantitative estimate of drug-likeness (QED) is 0.0762. The molecule has 0 aliphatic heterocycles. The van der Waals surface area contributed by atoms with Crippen molar-refractivity contribution in [3.63, 3.8) is 0 Å². The number of hydrogen-bond acceptors (Lipinski definition) is 6. The number of urea groups is 2. The Morgan fingerprint density at radius 3 is 1.32 bits per heavy atom. The van der Waals surface area contributed by atoms with Crippen LogP contribution in [0.2, 0.25) is 0 Å². The van der Waals surface area contributed by atoms with Gasteiger partial charge in [0.05, 0.1) is 15.4 Å². The number of benzene rings is 6. The number of nitrogens with one attached hydrogen (secondary N) is 6. The molecule has 6 aromatic carbocycles. The first-order valence-corrected chi connectivity index (χ1v) is 19.4. The first kappa shape index (κ1) is 38.9. The van der Waals surface area contributed by atoms with E-state index < -0.39 is 43.8 Å². The van der Waals surface area contributed by atoms with Gasteiger partial charge in [0.15, 0.2) is 0 Å². The third-order valence-corrected chi connectivity index (χ3v) is 10.7. The number of halogens is 3. The molecule has 17 heteroatoms. The Hall–Kier alpha value is -6.85. The van der Waals surface area contributed by atoms with Crippen molar-refractivity contribution < 1.29 is 39.6 Å². The molecule has 6 aromatic rings. The van der Waals surface area contributed by atoms with Gasteiger partial charge < -0.3 is 21.3 Å². The number of carbonyl (C=O) groups is 2. The monoisotopic (exact) mass is 800 g/mol. The zero-order valence-electron chi connectivity index (χ0n) is 28.8. The van der Waals surface area contributed by atoms with E-state index in [0.717, 1.165) is 24.3 Å². The van der Waals surface area contributed by atoms with E-state index in [9.17, 15) is 39.6 Å². The lowest BCUT2D eigenvalue weighted by Crippen LogP contribution is -2.20. The van der Waals surface area contributed by atoms with E-state index in [1.807, 2.05) is 6.07 Å². The number of para-hydroxylation sites is 1. The third-order valence-electron chi connectivity index (χ3n) is 7.93. The highest BCUT2D eigenvalue weighted by Gasteiger charge is 2.30. The van der Waals surface area contributed by atoms with E-state index >= 15 is 0 Å². The second kappa shape index (κ2) is 16.3. The van der Waals surface area contributed by atoms with Crippen molar-refractivity contribution in [1.82, 2.24) is 0 Å². The van der Waals surface area contributed by atoms with Crippen LogP contribution in [-0.4, -0.2) is 28.9 Å². The summed E-state index contributed by atoms with van der Waals surface area (Å²) in [6.45, 7) is 0. The number of hydrogen-bond donors (Lipinski definition) is 6. The van der Waals surface area contributed by atoms with Gasteiger partial charge in [0.25, 0.3) is 20.0 Å². The summed E-state index contributed by atoms with van der Waals surface area (Å²) in [5, 5.41) is 10.2. The van der Waals surface area contributed by atoms with Gasteiger partial charge in [0, 0.05) is 34.1 Å². The maximum absolute atomic E-state index is 13.2. The predicted octanol–water partition coefficient (Wildman–Crippen LogP) is 9.26. The Bertz CT molecular complexity index is 2560. The fourth-order valence-electron chi connectivity index (χ4n) is 5.20. The van der Waals surface area contributed by atoms with Crippen LogP contribution >= 0.6 is 0 Å². The van der Waals surface area contributed by atoms with E-state index in [0.29, 0.717) is 22.5 Å². The van der Waals surface area contributed by atoms with Gasteiger partial charge >= 0.3 is 18.2 Å². The number of carbonyl (C=O) groups excluding carboxylic acids is 2. The minimum absolute atomic E-state index is 0.0296. The molecule has 0 aromatic heterocycles. The molecular weight excluding hydrogens is 770 g/mol. The highest BCUT2D eigenvalue weighted by molar-refractivity contribution is 7.93. The Balaban J connectivity index is 1.02. The standard InChI is InChI=1S/C39H31F3N6O6S2/c40-39(41,42)28-13-17-30(18-14-28)44-37(49)45-31-19-21-33(22-20-31)47-55(51,52)35-23-11-27(12-24-35)26-9-15-32(16-10-26)48-56(53,54)36-8-4-7-34(25-36)46-38(50)43-29-5-2-1-3-6-29/h1-25,47-48H,(H2,43,46,50)(H2,44,45,49). The Kier molecular flexibility index (Phi) is 11.3. The fourth-order valence-corrected chi connectivity index (χ4v) is 7.36. The van der Waals surface area contributed by atoms with Crippen LogP contribution in [-0.2, 0) is 26.2 Å². The summed E-state index contributed by atoms with van der Waals surface area (Å²) in [4.78, 5) is 24.6. The molecule has 0 saturated carbocycles. The van der Waals surface area contributed by atoms with Crippen molar-refractivity contribution in [2.45, 2.75) is 16.0 Å². The normalized spacial score (nSPS) is 11.6. The van der Waals surface area contributed by atoms with Crippen LogP contribution in [0.1, 0.15) is 5.56 Å². The molecule has 56 heavy (non-hydrogen) atoms. The van der Waals surface area contributed by atoms with E-state index in [-0.39, 0.29) is 32.5 Å². The molecule has 0 radical (unpaired) electrons. The SMILES string of the molecule is O=C(Nc1ccc(NS(=O)(=O)c2ccc(-c3ccc(NS(=O)(=O)c4cccc(NC(=O)Nc5ccccc5)c4)cc3)cc2)cc1)Nc1ccc(C(F)(F)F)cc1. The molecule has 0 bridgehead atoms. The van der Waals surface area contributed by atoms with Crippen molar-refractivity contribution >= 4 is 66.2 Å². The first-order chi connectivity index (χ1) is 26.6. The molecule has 0 saturated heterocycles. The van der Waals surface area contributed by atoms with Gasteiger partial charge in [0.2, 0.25) is 0 Å². The van der Waals surface area contributed by atoms with Crippen molar-refractivity contribution in [3.05, 3.63) is 157 Å². The Morgan fingerprint density at radius 2 is 0.804 bits per heavy atom. The predicted molar refractivity (Wildman–Crippen MR) is 210 cm³/mol. The summed E-state index contributed by atoms with van der Waals surface area (Å²) in [6.07, 6.45) is -4.50. The van der Waals surface area contributed by atoms with E-state index in [4.69, 9.17) is 0 Å². The second-order valence-corrected chi connectivity index (χ2v) is 15.4. The van der Waals surface area contributed by atoms with Crippen LogP contribution in [0, 0.1) is 0 Å². The molecule has 0 unspecified atom stereocenters. The van der Waals surface area contributed by atoms with E-state index in [1.165, 1.54) is 54.6 Å². The van der Waals surface area contributed by atoms with Gasteiger partial charge in [-0.2, -0.15) is 13.2 Å². The molecule has 6 rings (SSSR count). The molecule has 0 aliphatic carbocycles. The Labute approximate surface area is 319 Å². The summed E-state index contributed by atoms with van der Waals surface area (Å²) in [5.41, 5.74) is 2.27. The topological polar surface area (TPSA) is 175 Å². The number of anilines is 6. The third kappa shape index (κ3) is 10.2. The lowest BCUT2D eigenvalue weighted by Gasteiger charge is -2.12. The van der Waals surface area contributed by atoms with Crippen molar-refractivity contribution in [2.24, 2.45) is 0 Å². The molecular formula is C39H31F3N6O6S2. The average Bonchev–Trinajstić information content (AvgIpc) is 3.16. The highest BCUT2D eigenvalue weighted by Crippen LogP contribution is 2.30. The summed E-state index contributed by atoms with van der Waals surface area (Å²) in [7, 11) is -8.04. The largest absolute Gasteiger partial charge is 0.416 e. The van der Waals surface area contributed by atoms with Gasteiger partial charge in [-0.1, -0.05) is 48.5 Å². The number of sulfonamides is 2. The van der Waals surface area contributed by atoms with Crippen LogP contribution in [0.3, 0.4) is 0 Å². The molecule has 0 atom stereocenters. The highest BCUT2D eigenvalue weighted by atomic mass is 32.2. The second-order valence-electron chi connectivity index (χ2n) is 12.0. The zero-order valence-corrected chi connectivity index (χ0v) is 30.5. The minimum atomic E-state index is -4.50. The lowest BCUT2D eigenvalue weighted by atomic mass is 10.1. The number of amides is 4. The van der Waals surface area contributed by atoms with E-state index in [1.54, 1.807) is 66.7 Å². The maximum Gasteiger partial charge on any atom is 0.416 e. The molecule has 0 aliphatic rings. The van der Waals surface area contributed by atoms with Gasteiger partial charge in [-0.05, 0) is 114 Å². The van der Waals surface area contributed by atoms with Gasteiger partial charge in [-0.3, -0.25) is 9.44 Å². The maximum atomic E-state index is 13.2. The van der Waals surface area contributed by atoms with Crippen molar-refractivity contribution in [2.75, 3.05) is 30.7 Å². The summed E-state index contributed by atoms with van der Waals surface area (Å²) >= 11 is 0. The van der Waals surface area contributed by atoms with Crippen LogP contribution in [0.5, 0.6) is 0 Å². The van der Waals surface area contributed by atoms with Crippen LogP contribution < -0.4 is 30.7 Å². The summed E-state index contributed by atoms with van der Waals surface area (Å²) in [6, 6.07) is 35.5. The summed E-state index contributed by atoms with van der Waals surface area (Å²) < 4.78 is 95.8. The molecule has 6 N–H and O–H groups in total. The molecule has 286 valence electrons. The smallest absolute Gasteiger partial charge is 0.308 e.